The number of aryl methyl sites for hydroxylation is 1. The first kappa shape index (κ1) is 13.9. The lowest BCUT2D eigenvalue weighted by atomic mass is 10.4. The Kier molecular flexibility index (Phi) is 4.14. The molecule has 0 saturated heterocycles. The highest BCUT2D eigenvalue weighted by atomic mass is 79.9. The van der Waals surface area contributed by atoms with Gasteiger partial charge in [-0.3, -0.25) is 0 Å². The lowest BCUT2D eigenvalue weighted by molar-refractivity contribution is 0.590. The maximum absolute atomic E-state index is 13.9. The second-order valence-corrected chi connectivity index (χ2v) is 4.98. The maximum Gasteiger partial charge on any atom is 0.224 e. The van der Waals surface area contributed by atoms with Crippen LogP contribution in [0.5, 0.6) is 0 Å². The summed E-state index contributed by atoms with van der Waals surface area (Å²) in [6.45, 7) is 6.48. The molecule has 102 valence electrons. The van der Waals surface area contributed by atoms with Crippen molar-refractivity contribution in [3.05, 3.63) is 27.9 Å². The SMILES string of the molecule is CCCNc1ncc(F)c(-n2nc(C)c(Br)c2C)n1. The molecule has 0 aliphatic carbocycles. The van der Waals surface area contributed by atoms with Crippen LogP contribution in [0.2, 0.25) is 0 Å². The van der Waals surface area contributed by atoms with Crippen LogP contribution < -0.4 is 5.32 Å². The Morgan fingerprint density at radius 3 is 2.74 bits per heavy atom. The normalized spacial score (nSPS) is 10.8. The zero-order valence-electron chi connectivity index (χ0n) is 11.0. The molecule has 0 aliphatic rings. The summed E-state index contributed by atoms with van der Waals surface area (Å²) in [5.41, 5.74) is 1.59. The van der Waals surface area contributed by atoms with Crippen LogP contribution in [0.4, 0.5) is 10.3 Å². The molecule has 0 amide bonds. The molecule has 0 spiro atoms. The van der Waals surface area contributed by atoms with Gasteiger partial charge in [-0.2, -0.15) is 10.1 Å². The highest BCUT2D eigenvalue weighted by Crippen LogP contribution is 2.23. The summed E-state index contributed by atoms with van der Waals surface area (Å²) in [6, 6.07) is 0. The summed E-state index contributed by atoms with van der Waals surface area (Å²) in [5, 5.41) is 7.30. The third kappa shape index (κ3) is 2.75. The van der Waals surface area contributed by atoms with Crippen LogP contribution in [0.15, 0.2) is 10.7 Å². The standard InChI is InChI=1S/C12H15BrFN5/c1-4-5-15-12-16-6-9(14)11(17-12)19-8(3)10(13)7(2)18-19/h6H,4-5H2,1-3H3,(H,15,16,17). The molecule has 1 N–H and O–H groups in total. The van der Waals surface area contributed by atoms with E-state index in [0.717, 1.165) is 35.0 Å². The van der Waals surface area contributed by atoms with Crippen molar-refractivity contribution in [3.8, 4) is 5.82 Å². The molecule has 2 aromatic rings. The zero-order valence-corrected chi connectivity index (χ0v) is 12.6. The topological polar surface area (TPSA) is 55.6 Å². The zero-order chi connectivity index (χ0) is 14.0. The van der Waals surface area contributed by atoms with Gasteiger partial charge in [-0.05, 0) is 36.2 Å². The third-order valence-electron chi connectivity index (χ3n) is 2.66. The minimum absolute atomic E-state index is 0.153. The quantitative estimate of drug-likeness (QED) is 0.937. The molecule has 0 atom stereocenters. The summed E-state index contributed by atoms with van der Waals surface area (Å²) in [4.78, 5) is 8.09. The maximum atomic E-state index is 13.9. The predicted molar refractivity (Wildman–Crippen MR) is 75.1 cm³/mol. The van der Waals surface area contributed by atoms with Crippen molar-refractivity contribution in [1.82, 2.24) is 19.7 Å². The summed E-state index contributed by atoms with van der Waals surface area (Å²) < 4.78 is 16.2. The number of hydrogen-bond donors (Lipinski definition) is 1. The van der Waals surface area contributed by atoms with Crippen LogP contribution in [-0.2, 0) is 0 Å². The molecule has 0 aromatic carbocycles. The largest absolute Gasteiger partial charge is 0.354 e. The van der Waals surface area contributed by atoms with Crippen molar-refractivity contribution < 1.29 is 4.39 Å². The van der Waals surface area contributed by atoms with E-state index in [0.29, 0.717) is 5.95 Å². The van der Waals surface area contributed by atoms with Gasteiger partial charge in [0.05, 0.1) is 22.1 Å². The van der Waals surface area contributed by atoms with Crippen LogP contribution in [-0.4, -0.2) is 26.3 Å². The van der Waals surface area contributed by atoms with Crippen molar-refractivity contribution in [2.45, 2.75) is 27.2 Å². The highest BCUT2D eigenvalue weighted by Gasteiger charge is 2.16. The van der Waals surface area contributed by atoms with Gasteiger partial charge in [-0.25, -0.2) is 14.1 Å². The summed E-state index contributed by atoms with van der Waals surface area (Å²) in [6.07, 6.45) is 2.10. The van der Waals surface area contributed by atoms with Crippen molar-refractivity contribution in [3.63, 3.8) is 0 Å². The summed E-state index contributed by atoms with van der Waals surface area (Å²) in [5.74, 6) is 0.0574. The number of hydrogen-bond acceptors (Lipinski definition) is 4. The Bertz CT molecular complexity index is 596. The molecule has 2 aromatic heterocycles. The van der Waals surface area contributed by atoms with Gasteiger partial charge in [0.15, 0.2) is 11.6 Å². The number of anilines is 1. The van der Waals surface area contributed by atoms with Crippen LogP contribution in [0.3, 0.4) is 0 Å². The number of nitrogens with zero attached hydrogens (tertiary/aromatic N) is 4. The second kappa shape index (κ2) is 5.64. The molecule has 5 nitrogen and oxygen atoms in total. The van der Waals surface area contributed by atoms with Crippen LogP contribution in [0.1, 0.15) is 24.7 Å². The van der Waals surface area contributed by atoms with E-state index in [1.165, 1.54) is 4.68 Å². The van der Waals surface area contributed by atoms with Crippen molar-refractivity contribution in [2.75, 3.05) is 11.9 Å². The molecule has 2 heterocycles. The summed E-state index contributed by atoms with van der Waals surface area (Å²) in [7, 11) is 0. The fourth-order valence-corrected chi connectivity index (χ4v) is 1.91. The minimum atomic E-state index is -0.500. The van der Waals surface area contributed by atoms with Gasteiger partial charge in [-0.15, -0.1) is 0 Å². The molecule has 0 unspecified atom stereocenters. The second-order valence-electron chi connectivity index (χ2n) is 4.19. The molecule has 0 radical (unpaired) electrons. The van der Waals surface area contributed by atoms with Gasteiger partial charge in [-0.1, -0.05) is 6.92 Å². The van der Waals surface area contributed by atoms with Crippen molar-refractivity contribution in [1.29, 1.82) is 0 Å². The molecular formula is C12H15BrFN5. The molecular weight excluding hydrogens is 313 g/mol. The molecule has 0 fully saturated rings. The van der Waals surface area contributed by atoms with E-state index in [2.05, 4.69) is 36.3 Å². The fraction of sp³-hybridized carbons (Fsp3) is 0.417. The Morgan fingerprint density at radius 2 is 2.16 bits per heavy atom. The van der Waals surface area contributed by atoms with E-state index in [4.69, 9.17) is 0 Å². The van der Waals surface area contributed by atoms with Gasteiger partial charge < -0.3 is 5.32 Å². The first-order chi connectivity index (χ1) is 9.04. The lowest BCUT2D eigenvalue weighted by Gasteiger charge is -2.07. The molecule has 0 aliphatic heterocycles. The summed E-state index contributed by atoms with van der Waals surface area (Å²) >= 11 is 3.42. The van der Waals surface area contributed by atoms with E-state index < -0.39 is 5.82 Å². The van der Waals surface area contributed by atoms with E-state index in [-0.39, 0.29) is 5.82 Å². The third-order valence-corrected chi connectivity index (χ3v) is 3.81. The van der Waals surface area contributed by atoms with Crippen molar-refractivity contribution in [2.24, 2.45) is 0 Å². The molecule has 0 saturated carbocycles. The van der Waals surface area contributed by atoms with Gasteiger partial charge in [0.2, 0.25) is 5.95 Å². The molecule has 19 heavy (non-hydrogen) atoms. The van der Waals surface area contributed by atoms with Gasteiger partial charge in [0, 0.05) is 6.54 Å². The van der Waals surface area contributed by atoms with Crippen molar-refractivity contribution >= 4 is 21.9 Å². The van der Waals surface area contributed by atoms with E-state index in [1.807, 2.05) is 20.8 Å². The van der Waals surface area contributed by atoms with Gasteiger partial charge in [0.1, 0.15) is 0 Å². The smallest absolute Gasteiger partial charge is 0.224 e. The monoisotopic (exact) mass is 327 g/mol. The van der Waals surface area contributed by atoms with Crippen LogP contribution >= 0.6 is 15.9 Å². The number of rotatable bonds is 4. The number of nitrogens with one attached hydrogen (secondary N) is 1. The molecule has 7 heteroatoms. The molecule has 2 rings (SSSR count). The Balaban J connectivity index is 2.45. The van der Waals surface area contributed by atoms with Gasteiger partial charge >= 0.3 is 0 Å². The number of aromatic nitrogens is 4. The first-order valence-corrected chi connectivity index (χ1v) is 6.82. The van der Waals surface area contributed by atoms with Crippen LogP contribution in [0, 0.1) is 19.7 Å². The minimum Gasteiger partial charge on any atom is -0.354 e. The average Bonchev–Trinajstić information content (AvgIpc) is 2.65. The van der Waals surface area contributed by atoms with Gasteiger partial charge in [0.25, 0.3) is 0 Å². The van der Waals surface area contributed by atoms with Crippen LogP contribution in [0.25, 0.3) is 5.82 Å². The lowest BCUT2D eigenvalue weighted by Crippen LogP contribution is -2.10. The highest BCUT2D eigenvalue weighted by molar-refractivity contribution is 9.10. The number of halogens is 2. The Morgan fingerprint density at radius 1 is 1.42 bits per heavy atom. The predicted octanol–water partition coefficient (Wildman–Crippen LogP) is 3.00. The fourth-order valence-electron chi connectivity index (χ4n) is 1.66. The molecule has 0 bridgehead atoms. The Hall–Kier alpha value is -1.50. The average molecular weight is 328 g/mol. The first-order valence-electron chi connectivity index (χ1n) is 6.03. The van der Waals surface area contributed by atoms with E-state index >= 15 is 0 Å². The van der Waals surface area contributed by atoms with E-state index in [9.17, 15) is 4.39 Å². The Labute approximate surface area is 119 Å². The van der Waals surface area contributed by atoms with E-state index in [1.54, 1.807) is 0 Å².